The van der Waals surface area contributed by atoms with Gasteiger partial charge in [-0.25, -0.2) is 0 Å². The van der Waals surface area contributed by atoms with Gasteiger partial charge in [-0.3, -0.25) is 0 Å². The van der Waals surface area contributed by atoms with E-state index in [0.29, 0.717) is 5.58 Å². The van der Waals surface area contributed by atoms with Crippen LogP contribution < -0.4 is 4.90 Å². The molecule has 0 fully saturated rings. The molecular weight excluding hydrogens is 739 g/mol. The number of hydrogen-bond acceptors (Lipinski definition) is 5. The zero-order valence-corrected chi connectivity index (χ0v) is 32.6. The third-order valence-electron chi connectivity index (χ3n) is 11.6. The molecule has 0 radical (unpaired) electrons. The molecule has 5 heteroatoms. The molecule has 0 N–H and O–H groups in total. The van der Waals surface area contributed by atoms with E-state index < -0.39 is 0 Å². The Morgan fingerprint density at radius 3 is 0.933 bits per heavy atom. The van der Waals surface area contributed by atoms with Gasteiger partial charge in [0.05, 0.1) is 10.8 Å². The van der Waals surface area contributed by atoms with Gasteiger partial charge in [-0.05, 0) is 79.7 Å². The van der Waals surface area contributed by atoms with Crippen molar-refractivity contribution in [3.8, 4) is 45.3 Å². The predicted octanol–water partition coefficient (Wildman–Crippen LogP) is 16.3. The quantitative estimate of drug-likeness (QED) is 0.161. The van der Waals surface area contributed by atoms with Crippen LogP contribution in [0.2, 0.25) is 0 Å². The molecule has 0 aliphatic carbocycles. The molecule has 12 rings (SSSR count). The first-order valence-electron chi connectivity index (χ1n) is 20.1. The molecule has 0 aliphatic heterocycles. The molecule has 12 aromatic rings. The molecule has 0 bridgehead atoms. The highest BCUT2D eigenvalue weighted by Gasteiger charge is 2.27. The summed E-state index contributed by atoms with van der Waals surface area (Å²) in [5.41, 5.74) is 11.2. The second-order valence-corrected chi connectivity index (χ2v) is 15.3. The summed E-state index contributed by atoms with van der Waals surface area (Å²) in [6.45, 7) is 2.09. The highest BCUT2D eigenvalue weighted by Crippen LogP contribution is 2.50. The summed E-state index contributed by atoms with van der Waals surface area (Å²) in [4.78, 5) is 2.26. The van der Waals surface area contributed by atoms with Crippen LogP contribution in [0.15, 0.2) is 212 Å². The molecule has 8 aromatic carbocycles. The van der Waals surface area contributed by atoms with Crippen LogP contribution in [-0.2, 0) is 0 Å². The molecule has 284 valence electrons. The van der Waals surface area contributed by atoms with E-state index in [9.17, 15) is 0 Å². The SMILES string of the molecule is Cc1ccc(-c2cc3c4cc(-c5ccccc5)oc4c4c5oc(-c6ccc(N(c7ccccc7)c7ccccc7)cc6)cc5c5cc(-c6ccccc6)oc5c4c3o2)cc1. The molecule has 0 saturated carbocycles. The number of benzene rings is 8. The first kappa shape index (κ1) is 34.1. The maximum Gasteiger partial charge on any atom is 0.147 e. The van der Waals surface area contributed by atoms with Crippen molar-refractivity contribution in [2.45, 2.75) is 6.92 Å². The molecular formula is C55H35NO4. The maximum atomic E-state index is 7.08. The Morgan fingerprint density at radius 1 is 0.300 bits per heavy atom. The van der Waals surface area contributed by atoms with Crippen LogP contribution in [0, 0.1) is 6.92 Å². The molecule has 0 atom stereocenters. The summed E-state index contributed by atoms with van der Waals surface area (Å²) in [5.74, 6) is 3.03. The molecule has 5 nitrogen and oxygen atoms in total. The summed E-state index contributed by atoms with van der Waals surface area (Å²) < 4.78 is 27.9. The standard InChI is InChI=1S/C55H35NO4/c1-34-22-24-37(25-23-34)48-32-44-42-30-46(35-14-6-2-7-15-35)57-52(42)51-50(54(44)59-48)53-43(31-47(58-53)36-16-8-3-9-17-36)45-33-49(60-55(45)51)38-26-28-41(29-27-38)56(39-18-10-4-11-19-39)40-20-12-5-13-21-40/h2-33H,1H3. The van der Waals surface area contributed by atoms with Crippen molar-refractivity contribution in [1.29, 1.82) is 0 Å². The summed E-state index contributed by atoms with van der Waals surface area (Å²) >= 11 is 0. The van der Waals surface area contributed by atoms with Crippen molar-refractivity contribution in [3.63, 3.8) is 0 Å². The van der Waals surface area contributed by atoms with Gasteiger partial charge in [0.15, 0.2) is 0 Å². The fourth-order valence-corrected chi connectivity index (χ4v) is 8.64. The van der Waals surface area contributed by atoms with Gasteiger partial charge in [-0.2, -0.15) is 0 Å². The predicted molar refractivity (Wildman–Crippen MR) is 244 cm³/mol. The molecule has 4 aromatic heterocycles. The van der Waals surface area contributed by atoms with Gasteiger partial charge in [0, 0.05) is 60.9 Å². The highest BCUT2D eigenvalue weighted by atomic mass is 16.4. The van der Waals surface area contributed by atoms with Crippen molar-refractivity contribution in [1.82, 2.24) is 0 Å². The second-order valence-electron chi connectivity index (χ2n) is 15.3. The Morgan fingerprint density at radius 2 is 0.583 bits per heavy atom. The van der Waals surface area contributed by atoms with Crippen LogP contribution in [0.3, 0.4) is 0 Å². The van der Waals surface area contributed by atoms with Gasteiger partial charge in [0.25, 0.3) is 0 Å². The lowest BCUT2D eigenvalue weighted by molar-refractivity contribution is 0.620. The average Bonchev–Trinajstić information content (AvgIpc) is 4.13. The van der Waals surface area contributed by atoms with Gasteiger partial charge >= 0.3 is 0 Å². The van der Waals surface area contributed by atoms with E-state index in [1.165, 1.54) is 5.56 Å². The van der Waals surface area contributed by atoms with Crippen LogP contribution >= 0.6 is 0 Å². The topological polar surface area (TPSA) is 55.8 Å². The Labute approximate surface area is 344 Å². The average molecular weight is 774 g/mol. The van der Waals surface area contributed by atoms with Crippen LogP contribution in [0.1, 0.15) is 5.56 Å². The van der Waals surface area contributed by atoms with Gasteiger partial charge in [-0.1, -0.05) is 127 Å². The summed E-state index contributed by atoms with van der Waals surface area (Å²) in [5, 5.41) is 5.38. The Bertz CT molecular complexity index is 3460. The van der Waals surface area contributed by atoms with E-state index in [4.69, 9.17) is 17.7 Å². The lowest BCUT2D eigenvalue weighted by Gasteiger charge is -2.25. The lowest BCUT2D eigenvalue weighted by atomic mass is 9.98. The van der Waals surface area contributed by atoms with Crippen molar-refractivity contribution < 1.29 is 17.7 Å². The first-order chi connectivity index (χ1) is 29.6. The van der Waals surface area contributed by atoms with Gasteiger partial charge < -0.3 is 22.6 Å². The molecule has 60 heavy (non-hydrogen) atoms. The smallest absolute Gasteiger partial charge is 0.147 e. The van der Waals surface area contributed by atoms with Crippen LogP contribution in [0.4, 0.5) is 17.1 Å². The number of fused-ring (bicyclic) bond motifs is 11. The van der Waals surface area contributed by atoms with E-state index in [1.54, 1.807) is 0 Å². The Balaban J connectivity index is 1.13. The maximum absolute atomic E-state index is 7.08. The third-order valence-corrected chi connectivity index (χ3v) is 11.6. The van der Waals surface area contributed by atoms with Crippen LogP contribution in [0.5, 0.6) is 0 Å². The first-order valence-corrected chi connectivity index (χ1v) is 20.1. The van der Waals surface area contributed by atoms with Crippen LogP contribution in [0.25, 0.3) is 99.9 Å². The Hall–Kier alpha value is -8.02. The van der Waals surface area contributed by atoms with Crippen molar-refractivity contribution in [3.05, 3.63) is 200 Å². The number of anilines is 3. The Kier molecular flexibility index (Phi) is 7.69. The fraction of sp³-hybridized carbons (Fsp3) is 0.0182. The summed E-state index contributed by atoms with van der Waals surface area (Å²) in [6, 6.07) is 66.8. The van der Waals surface area contributed by atoms with E-state index in [-0.39, 0.29) is 0 Å². The number of furan rings is 4. The largest absolute Gasteiger partial charge is 0.455 e. The normalized spacial score (nSPS) is 11.8. The van der Waals surface area contributed by atoms with E-state index >= 15 is 0 Å². The number of para-hydroxylation sites is 2. The van der Waals surface area contributed by atoms with Crippen molar-refractivity contribution in [2.75, 3.05) is 4.90 Å². The number of rotatable bonds is 7. The summed E-state index contributed by atoms with van der Waals surface area (Å²) in [7, 11) is 0. The van der Waals surface area contributed by atoms with Gasteiger partial charge in [0.2, 0.25) is 0 Å². The van der Waals surface area contributed by atoms with Gasteiger partial charge in [-0.15, -0.1) is 0 Å². The van der Waals surface area contributed by atoms with E-state index in [1.807, 2.05) is 48.5 Å². The summed E-state index contributed by atoms with van der Waals surface area (Å²) in [6.07, 6.45) is 0. The fourth-order valence-electron chi connectivity index (χ4n) is 8.64. The molecule has 0 saturated heterocycles. The molecule has 0 spiro atoms. The van der Waals surface area contributed by atoms with Gasteiger partial charge in [0.1, 0.15) is 45.4 Å². The monoisotopic (exact) mass is 773 g/mol. The zero-order valence-electron chi connectivity index (χ0n) is 32.6. The third kappa shape index (κ3) is 5.48. The second kappa shape index (κ2) is 13.5. The van der Waals surface area contributed by atoms with E-state index in [2.05, 4.69) is 157 Å². The van der Waals surface area contributed by atoms with Crippen molar-refractivity contribution in [2.24, 2.45) is 0 Å². The minimum absolute atomic E-state index is 0.710. The number of aryl methyl sites for hydroxylation is 1. The molecule has 0 aliphatic rings. The van der Waals surface area contributed by atoms with Crippen LogP contribution in [-0.4, -0.2) is 0 Å². The van der Waals surface area contributed by atoms with Crippen molar-refractivity contribution >= 4 is 71.7 Å². The minimum Gasteiger partial charge on any atom is -0.455 e. The number of hydrogen-bond donors (Lipinski definition) is 0. The number of nitrogens with zero attached hydrogens (tertiary/aromatic N) is 1. The molecule has 4 heterocycles. The molecule has 0 unspecified atom stereocenters. The lowest BCUT2D eigenvalue weighted by Crippen LogP contribution is -2.09. The van der Waals surface area contributed by atoms with E-state index in [0.717, 1.165) is 111 Å². The zero-order chi connectivity index (χ0) is 39.7. The molecule has 0 amide bonds. The highest BCUT2D eigenvalue weighted by molar-refractivity contribution is 6.36. The minimum atomic E-state index is 0.710.